The molecule has 150 valence electrons. The topological polar surface area (TPSA) is 101 Å². The molecule has 0 radical (unpaired) electrons. The first-order valence-electron chi connectivity index (χ1n) is 9.14. The molecule has 0 aromatic carbocycles. The first-order chi connectivity index (χ1) is 13.1. The van der Waals surface area contributed by atoms with Crippen LogP contribution in [0.15, 0.2) is 18.3 Å². The van der Waals surface area contributed by atoms with Gasteiger partial charge in [-0.2, -0.15) is 5.10 Å². The Hall–Kier alpha value is -2.94. The lowest BCUT2D eigenvalue weighted by molar-refractivity contribution is -0.114. The summed E-state index contributed by atoms with van der Waals surface area (Å²) in [5.74, 6) is 0.0926. The number of nitrogens with one attached hydrogen (secondary N) is 2. The van der Waals surface area contributed by atoms with Gasteiger partial charge in [-0.25, -0.2) is 9.78 Å². The van der Waals surface area contributed by atoms with Gasteiger partial charge in [-0.15, -0.1) is 0 Å². The fourth-order valence-electron chi connectivity index (χ4n) is 2.95. The average Bonchev–Trinajstić information content (AvgIpc) is 2.95. The zero-order chi connectivity index (χ0) is 20.5. The first kappa shape index (κ1) is 19.8. The number of likely N-dealkylation sites (N-methyl/N-ethyl adjacent to an activating group) is 1. The van der Waals surface area contributed by atoms with Crippen molar-refractivity contribution in [3.05, 3.63) is 24.0 Å². The third-order valence-electron chi connectivity index (χ3n) is 4.11. The molecule has 28 heavy (non-hydrogen) atoms. The summed E-state index contributed by atoms with van der Waals surface area (Å²) in [5, 5.41) is 10.0. The number of carbonyl (C=O) groups excluding carboxylic acids is 2. The van der Waals surface area contributed by atoms with E-state index in [1.807, 2.05) is 10.7 Å². The lowest BCUT2D eigenvalue weighted by atomic mass is 10.1. The Morgan fingerprint density at radius 2 is 1.93 bits per heavy atom. The lowest BCUT2D eigenvalue weighted by Gasteiger charge is -2.22. The maximum Gasteiger partial charge on any atom is 0.412 e. The van der Waals surface area contributed by atoms with Crippen LogP contribution in [0.1, 0.15) is 33.4 Å². The smallest absolute Gasteiger partial charge is 0.412 e. The van der Waals surface area contributed by atoms with Gasteiger partial charge in [0.2, 0.25) is 5.91 Å². The van der Waals surface area contributed by atoms with E-state index in [1.54, 1.807) is 33.0 Å². The molecule has 2 aromatic heterocycles. The summed E-state index contributed by atoms with van der Waals surface area (Å²) in [6, 6.07) is 3.59. The molecular formula is C19H26N6O3. The van der Waals surface area contributed by atoms with E-state index in [2.05, 4.69) is 32.7 Å². The van der Waals surface area contributed by atoms with Crippen LogP contribution in [-0.2, 0) is 22.6 Å². The van der Waals surface area contributed by atoms with Crippen molar-refractivity contribution in [3.8, 4) is 11.3 Å². The number of hydrogen-bond acceptors (Lipinski definition) is 6. The van der Waals surface area contributed by atoms with Gasteiger partial charge in [-0.05, 0) is 33.9 Å². The van der Waals surface area contributed by atoms with E-state index in [1.165, 1.54) is 6.92 Å². The minimum Gasteiger partial charge on any atom is -0.444 e. The standard InChI is InChI=1S/C19H26N6O3/c1-12(26)21-17-9-15(22-18(27)28-19(2,3)4)14(10-20-17)16-8-13-11-24(5)6-7-25(13)23-16/h8-10H,6-7,11H2,1-5H3,(H2,20,21,22,26,27). The van der Waals surface area contributed by atoms with Crippen molar-refractivity contribution < 1.29 is 14.3 Å². The SMILES string of the molecule is CC(=O)Nc1cc(NC(=O)OC(C)(C)C)c(-c2cc3n(n2)CCN(C)C3)cn1. The number of carbonyl (C=O) groups is 2. The second-order valence-corrected chi connectivity index (χ2v) is 7.91. The molecule has 0 spiro atoms. The van der Waals surface area contributed by atoms with Crippen molar-refractivity contribution >= 4 is 23.5 Å². The molecule has 0 atom stereocenters. The Kier molecular flexibility index (Phi) is 5.37. The Labute approximate surface area is 164 Å². The van der Waals surface area contributed by atoms with Crippen molar-refractivity contribution in [1.29, 1.82) is 0 Å². The molecule has 3 heterocycles. The molecule has 2 N–H and O–H groups in total. The van der Waals surface area contributed by atoms with Crippen molar-refractivity contribution in [2.24, 2.45) is 0 Å². The summed E-state index contributed by atoms with van der Waals surface area (Å²) >= 11 is 0. The highest BCUT2D eigenvalue weighted by Crippen LogP contribution is 2.30. The molecule has 0 saturated carbocycles. The third-order valence-corrected chi connectivity index (χ3v) is 4.11. The van der Waals surface area contributed by atoms with Crippen LogP contribution in [0.25, 0.3) is 11.3 Å². The van der Waals surface area contributed by atoms with E-state index in [0.717, 1.165) is 25.3 Å². The number of ether oxygens (including phenoxy) is 1. The van der Waals surface area contributed by atoms with Gasteiger partial charge in [-0.1, -0.05) is 0 Å². The molecule has 0 aliphatic carbocycles. The van der Waals surface area contributed by atoms with E-state index in [0.29, 0.717) is 22.8 Å². The molecule has 9 heteroatoms. The number of rotatable bonds is 3. The number of aromatic nitrogens is 3. The zero-order valence-electron chi connectivity index (χ0n) is 16.9. The van der Waals surface area contributed by atoms with Crippen LogP contribution in [0.4, 0.5) is 16.3 Å². The Morgan fingerprint density at radius 1 is 1.18 bits per heavy atom. The maximum atomic E-state index is 12.3. The van der Waals surface area contributed by atoms with Crippen molar-refractivity contribution in [2.45, 2.75) is 46.4 Å². The summed E-state index contributed by atoms with van der Waals surface area (Å²) in [6.45, 7) is 9.32. The molecule has 0 unspecified atom stereocenters. The summed E-state index contributed by atoms with van der Waals surface area (Å²) in [5.41, 5.74) is 2.30. The summed E-state index contributed by atoms with van der Waals surface area (Å²) < 4.78 is 7.33. The normalized spacial score (nSPS) is 14.3. The molecule has 9 nitrogen and oxygen atoms in total. The predicted octanol–water partition coefficient (Wildman–Crippen LogP) is 2.70. The van der Waals surface area contributed by atoms with Gasteiger partial charge >= 0.3 is 6.09 Å². The van der Waals surface area contributed by atoms with Crippen LogP contribution in [0, 0.1) is 0 Å². The number of anilines is 2. The van der Waals surface area contributed by atoms with E-state index in [-0.39, 0.29) is 5.91 Å². The molecule has 1 aliphatic heterocycles. The Bertz CT molecular complexity index is 900. The van der Waals surface area contributed by atoms with Crippen LogP contribution >= 0.6 is 0 Å². The van der Waals surface area contributed by atoms with Crippen LogP contribution < -0.4 is 10.6 Å². The van der Waals surface area contributed by atoms with E-state index >= 15 is 0 Å². The van der Waals surface area contributed by atoms with E-state index < -0.39 is 11.7 Å². The van der Waals surface area contributed by atoms with Crippen LogP contribution in [0.2, 0.25) is 0 Å². The number of hydrogen-bond donors (Lipinski definition) is 2. The van der Waals surface area contributed by atoms with Crippen molar-refractivity contribution in [2.75, 3.05) is 24.2 Å². The second kappa shape index (κ2) is 7.59. The number of nitrogens with zero attached hydrogens (tertiary/aromatic N) is 4. The summed E-state index contributed by atoms with van der Waals surface area (Å²) in [4.78, 5) is 30.2. The summed E-state index contributed by atoms with van der Waals surface area (Å²) in [6.07, 6.45) is 1.01. The quantitative estimate of drug-likeness (QED) is 0.841. The van der Waals surface area contributed by atoms with Crippen LogP contribution in [0.5, 0.6) is 0 Å². The Morgan fingerprint density at radius 3 is 2.61 bits per heavy atom. The van der Waals surface area contributed by atoms with Gasteiger partial charge in [0.05, 0.1) is 23.6 Å². The molecular weight excluding hydrogens is 360 g/mol. The van der Waals surface area contributed by atoms with Crippen LogP contribution in [-0.4, -0.2) is 50.9 Å². The fourth-order valence-corrected chi connectivity index (χ4v) is 2.95. The highest BCUT2D eigenvalue weighted by atomic mass is 16.6. The molecule has 2 amide bonds. The third kappa shape index (κ3) is 4.86. The van der Waals surface area contributed by atoms with Gasteiger partial charge in [-0.3, -0.25) is 19.7 Å². The zero-order valence-corrected chi connectivity index (χ0v) is 16.9. The fraction of sp³-hybridized carbons (Fsp3) is 0.474. The molecule has 0 fully saturated rings. The number of pyridine rings is 1. The lowest BCUT2D eigenvalue weighted by Crippen LogP contribution is -2.30. The Balaban J connectivity index is 1.95. The van der Waals surface area contributed by atoms with Crippen molar-refractivity contribution in [3.63, 3.8) is 0 Å². The second-order valence-electron chi connectivity index (χ2n) is 7.91. The van der Waals surface area contributed by atoms with Gasteiger partial charge in [0.15, 0.2) is 0 Å². The molecule has 0 saturated heterocycles. The highest BCUT2D eigenvalue weighted by Gasteiger charge is 2.21. The summed E-state index contributed by atoms with van der Waals surface area (Å²) in [7, 11) is 2.06. The van der Waals surface area contributed by atoms with E-state index in [4.69, 9.17) is 4.74 Å². The minimum atomic E-state index is -0.629. The average molecular weight is 386 g/mol. The van der Waals surface area contributed by atoms with Gasteiger partial charge < -0.3 is 10.1 Å². The largest absolute Gasteiger partial charge is 0.444 e. The number of fused-ring (bicyclic) bond motifs is 1. The maximum absolute atomic E-state index is 12.3. The number of amides is 2. The minimum absolute atomic E-state index is 0.246. The highest BCUT2D eigenvalue weighted by molar-refractivity contribution is 5.94. The first-order valence-corrected chi connectivity index (χ1v) is 9.14. The van der Waals surface area contributed by atoms with Crippen molar-refractivity contribution in [1.82, 2.24) is 19.7 Å². The van der Waals surface area contributed by atoms with Gasteiger partial charge in [0.25, 0.3) is 0 Å². The monoisotopic (exact) mass is 386 g/mol. The van der Waals surface area contributed by atoms with Gasteiger partial charge in [0.1, 0.15) is 11.4 Å². The molecule has 1 aliphatic rings. The molecule has 2 aromatic rings. The van der Waals surface area contributed by atoms with E-state index in [9.17, 15) is 9.59 Å². The van der Waals surface area contributed by atoms with Gasteiger partial charge in [0, 0.05) is 37.8 Å². The predicted molar refractivity (Wildman–Crippen MR) is 106 cm³/mol. The molecule has 0 bridgehead atoms. The van der Waals surface area contributed by atoms with Crippen LogP contribution in [0.3, 0.4) is 0 Å². The molecule has 3 rings (SSSR count).